The second-order valence-corrected chi connectivity index (χ2v) is 15.2. The summed E-state index contributed by atoms with van der Waals surface area (Å²) in [6.07, 6.45) is -0.115. The molecule has 1 aliphatic heterocycles. The lowest BCUT2D eigenvalue weighted by molar-refractivity contribution is -0.192. The molecule has 1 fully saturated rings. The fourth-order valence-electron chi connectivity index (χ4n) is 6.39. The Morgan fingerprint density at radius 2 is 1.55 bits per heavy atom. The topological polar surface area (TPSA) is 165 Å². The summed E-state index contributed by atoms with van der Waals surface area (Å²) in [4.78, 5) is 25.9. The Balaban J connectivity index is 1.09. The molecule has 300 valence electrons. The summed E-state index contributed by atoms with van der Waals surface area (Å²) < 4.78 is 80.7. The predicted octanol–water partition coefficient (Wildman–Crippen LogP) is 5.23. The van der Waals surface area contributed by atoms with E-state index in [1.54, 1.807) is 0 Å². The monoisotopic (exact) mass is 808 g/mol. The molecule has 1 aliphatic carbocycles. The van der Waals surface area contributed by atoms with Gasteiger partial charge < -0.3 is 39.6 Å². The summed E-state index contributed by atoms with van der Waals surface area (Å²) in [6.45, 7) is 0.818. The van der Waals surface area contributed by atoms with Crippen molar-refractivity contribution in [1.29, 1.82) is 0 Å². The van der Waals surface area contributed by atoms with Gasteiger partial charge in [0, 0.05) is 25.1 Å². The van der Waals surface area contributed by atoms with Gasteiger partial charge in [-0.3, -0.25) is 9.59 Å². The van der Waals surface area contributed by atoms with Gasteiger partial charge in [0.15, 0.2) is 11.5 Å². The Bertz CT molecular complexity index is 1800. The van der Waals surface area contributed by atoms with Gasteiger partial charge in [0.1, 0.15) is 5.75 Å². The maximum absolute atomic E-state index is 14.8. The number of aliphatic hydroxyl groups is 1. The summed E-state index contributed by atoms with van der Waals surface area (Å²) in [6, 6.07) is 17.6. The van der Waals surface area contributed by atoms with Crippen molar-refractivity contribution < 1.29 is 50.8 Å². The molecule has 0 unspecified atom stereocenters. The molecule has 0 spiro atoms. The Morgan fingerprint density at radius 3 is 2.25 bits per heavy atom. The molecule has 55 heavy (non-hydrogen) atoms. The first kappa shape index (κ1) is 42.1. The number of unbranched alkanes of at least 4 members (excludes halogenated alkanes) is 3. The third-order valence-corrected chi connectivity index (χ3v) is 10.8. The molecule has 1 saturated carbocycles. The van der Waals surface area contributed by atoms with Gasteiger partial charge in [-0.05, 0) is 68.5 Å². The van der Waals surface area contributed by atoms with Crippen LogP contribution < -0.4 is 29.7 Å². The Kier molecular flexibility index (Phi) is 15.5. The summed E-state index contributed by atoms with van der Waals surface area (Å²) in [5.74, 6) is -1.38. The molecule has 13 nitrogen and oxygen atoms in total. The van der Waals surface area contributed by atoms with Crippen LogP contribution in [0.4, 0.5) is 20.2 Å². The minimum absolute atomic E-state index is 0.0863. The molecule has 1 heterocycles. The number of alkyl halides is 3. The zero-order chi connectivity index (χ0) is 39.3. The summed E-state index contributed by atoms with van der Waals surface area (Å²) in [5, 5.41) is 15.9. The summed E-state index contributed by atoms with van der Waals surface area (Å²) >= 11 is 5.64. The van der Waals surface area contributed by atoms with Crippen molar-refractivity contribution in [3.05, 3.63) is 72.8 Å². The van der Waals surface area contributed by atoms with Gasteiger partial charge in [-0.1, -0.05) is 43.2 Å². The van der Waals surface area contributed by atoms with Crippen molar-refractivity contribution in [2.45, 2.75) is 74.1 Å². The Morgan fingerprint density at radius 1 is 0.873 bits per heavy atom. The number of ether oxygens (including phenoxy) is 4. The van der Waals surface area contributed by atoms with Crippen molar-refractivity contribution in [2.24, 2.45) is 0 Å². The van der Waals surface area contributed by atoms with E-state index in [-0.39, 0.29) is 13.2 Å². The number of carbonyl (C=O) groups is 2. The molecule has 2 amide bonds. The van der Waals surface area contributed by atoms with Crippen LogP contribution in [0.5, 0.6) is 17.2 Å². The molecular formula is C38H47ClF2N4O9S. The molecular weight excluding hydrogens is 762 g/mol. The molecule has 0 aromatic heterocycles. The number of rotatable bonds is 21. The lowest BCUT2D eigenvalue weighted by atomic mass is 9.86. The number of anilines is 2. The van der Waals surface area contributed by atoms with Crippen LogP contribution in [0, 0.1) is 0 Å². The highest BCUT2D eigenvalue weighted by Crippen LogP contribution is 2.49. The van der Waals surface area contributed by atoms with E-state index in [0.717, 1.165) is 49.2 Å². The zero-order valence-corrected chi connectivity index (χ0v) is 31.8. The van der Waals surface area contributed by atoms with Crippen LogP contribution in [0.2, 0.25) is 0 Å². The number of halogens is 3. The highest BCUT2D eigenvalue weighted by Gasteiger charge is 2.43. The Hall–Kier alpha value is -4.06. The van der Waals surface area contributed by atoms with Gasteiger partial charge in [-0.15, -0.1) is 11.6 Å². The molecule has 0 saturated heterocycles. The number of sulfonamides is 1. The zero-order valence-electron chi connectivity index (χ0n) is 30.3. The highest BCUT2D eigenvalue weighted by atomic mass is 35.5. The van der Waals surface area contributed by atoms with Gasteiger partial charge in [0.25, 0.3) is 0 Å². The lowest BCUT2D eigenvalue weighted by Crippen LogP contribution is -2.56. The van der Waals surface area contributed by atoms with E-state index in [1.165, 1.54) is 12.1 Å². The Labute approximate surface area is 324 Å². The largest absolute Gasteiger partial charge is 0.482 e. The van der Waals surface area contributed by atoms with E-state index in [4.69, 9.17) is 25.8 Å². The SMILES string of the molecule is O=C(CNC(=O)C(F)(F)Oc1cccc(S(=O)(=O)N[C@@H]2CCC[C@H](N3c4ccccc4Oc4ccccc43)[C@H]2O)c1)NCCOCCOCCCCCCCl. The molecule has 2 aliphatic rings. The molecule has 3 aromatic carbocycles. The second-order valence-electron chi connectivity index (χ2n) is 13.1. The minimum Gasteiger partial charge on any atom is -0.453 e. The third-order valence-electron chi connectivity index (χ3n) is 9.08. The number of fused-ring (bicyclic) bond motifs is 2. The fourth-order valence-corrected chi connectivity index (χ4v) is 7.90. The average molecular weight is 809 g/mol. The smallest absolute Gasteiger partial charge is 0.453 e. The molecule has 0 radical (unpaired) electrons. The van der Waals surface area contributed by atoms with Crippen LogP contribution in [-0.2, 0) is 29.1 Å². The number of para-hydroxylation sites is 4. The first-order chi connectivity index (χ1) is 26.5. The van der Waals surface area contributed by atoms with Gasteiger partial charge in [0.2, 0.25) is 15.9 Å². The molecule has 3 aromatic rings. The van der Waals surface area contributed by atoms with Crippen molar-refractivity contribution in [3.63, 3.8) is 0 Å². The summed E-state index contributed by atoms with van der Waals surface area (Å²) in [7, 11) is -4.36. The number of nitrogens with one attached hydrogen (secondary N) is 3. The fraction of sp³-hybridized carbons (Fsp3) is 0.474. The third kappa shape index (κ3) is 11.7. The van der Waals surface area contributed by atoms with E-state index in [9.17, 15) is 31.9 Å². The average Bonchev–Trinajstić information content (AvgIpc) is 3.17. The first-order valence-corrected chi connectivity index (χ1v) is 20.3. The minimum atomic E-state index is -4.44. The van der Waals surface area contributed by atoms with Gasteiger partial charge in [-0.25, -0.2) is 13.1 Å². The number of amides is 2. The van der Waals surface area contributed by atoms with Crippen LogP contribution in [0.3, 0.4) is 0 Å². The van der Waals surface area contributed by atoms with E-state index < -0.39 is 63.3 Å². The predicted molar refractivity (Wildman–Crippen MR) is 202 cm³/mol. The van der Waals surface area contributed by atoms with E-state index in [2.05, 4.69) is 14.8 Å². The van der Waals surface area contributed by atoms with Crippen LogP contribution >= 0.6 is 11.6 Å². The molecule has 5 rings (SSSR count). The normalized spacial score (nSPS) is 18.1. The number of benzene rings is 3. The number of hydrogen-bond donors (Lipinski definition) is 4. The molecule has 0 bridgehead atoms. The van der Waals surface area contributed by atoms with E-state index in [0.29, 0.717) is 56.5 Å². The van der Waals surface area contributed by atoms with Crippen LogP contribution in [0.1, 0.15) is 44.9 Å². The van der Waals surface area contributed by atoms with Crippen molar-refractivity contribution in [1.82, 2.24) is 15.4 Å². The van der Waals surface area contributed by atoms with Crippen LogP contribution in [-0.4, -0.2) is 95.0 Å². The maximum Gasteiger partial charge on any atom is 0.482 e. The van der Waals surface area contributed by atoms with E-state index in [1.807, 2.05) is 58.7 Å². The van der Waals surface area contributed by atoms with E-state index >= 15 is 0 Å². The molecule has 17 heteroatoms. The number of nitrogens with zero attached hydrogens (tertiary/aromatic N) is 1. The van der Waals surface area contributed by atoms with Gasteiger partial charge in [0.05, 0.1) is 60.8 Å². The van der Waals surface area contributed by atoms with Crippen LogP contribution in [0.15, 0.2) is 77.7 Å². The van der Waals surface area contributed by atoms with Gasteiger partial charge in [-0.2, -0.15) is 8.78 Å². The van der Waals surface area contributed by atoms with Crippen molar-refractivity contribution in [2.75, 3.05) is 50.3 Å². The number of hydrogen-bond acceptors (Lipinski definition) is 10. The number of carbonyl (C=O) groups excluding carboxylic acids is 2. The number of aliphatic hydroxyl groups excluding tert-OH is 1. The van der Waals surface area contributed by atoms with Crippen LogP contribution in [0.25, 0.3) is 0 Å². The van der Waals surface area contributed by atoms with Crippen molar-refractivity contribution in [3.8, 4) is 17.2 Å². The highest BCUT2D eigenvalue weighted by molar-refractivity contribution is 7.89. The van der Waals surface area contributed by atoms with Crippen molar-refractivity contribution >= 4 is 44.8 Å². The standard InChI is InChI=1S/C38H47ClF2N4O9S/c39-19-7-1-2-8-21-51-23-24-52-22-20-42-35(46)26-43-37(48)38(40,41)54-27-11-9-12-28(25-27)55(49,50)44-29-13-10-16-32(36(29)47)45-30-14-3-5-17-33(30)53-34-18-6-4-15-31(34)45/h3-6,9,11-12,14-15,17-18,25,29,32,36,44,47H,1-2,7-8,10,13,16,19-24,26H2,(H,42,46)(H,43,48)/t29-,32+,36+/m1/s1. The van der Waals surface area contributed by atoms with Gasteiger partial charge >= 0.3 is 12.0 Å². The maximum atomic E-state index is 14.8. The molecule has 4 N–H and O–H groups in total. The lowest BCUT2D eigenvalue weighted by Gasteiger charge is -2.44. The first-order valence-electron chi connectivity index (χ1n) is 18.3. The molecule has 3 atom stereocenters. The summed E-state index contributed by atoms with van der Waals surface area (Å²) in [5.41, 5.74) is 1.46. The quantitative estimate of drug-likeness (QED) is 0.0828. The second kappa shape index (κ2) is 20.2.